The van der Waals surface area contributed by atoms with Crippen molar-refractivity contribution < 1.29 is 27.7 Å². The van der Waals surface area contributed by atoms with Crippen molar-refractivity contribution in [2.24, 2.45) is 0 Å². The Kier molecular flexibility index (Phi) is 8.05. The van der Waals surface area contributed by atoms with Crippen molar-refractivity contribution in [3.8, 4) is 0 Å². The van der Waals surface area contributed by atoms with Crippen LogP contribution in [0.1, 0.15) is 6.92 Å². The quantitative estimate of drug-likeness (QED) is 0.314. The Hall–Kier alpha value is -3.51. The fourth-order valence-corrected chi connectivity index (χ4v) is 3.65. The van der Waals surface area contributed by atoms with Crippen molar-refractivity contribution in [1.82, 2.24) is 4.72 Å². The number of likely N-dealkylation sites (N-methyl/N-ethyl adjacent to an activating group) is 1. The normalized spacial score (nSPS) is 10.9. The van der Waals surface area contributed by atoms with Crippen molar-refractivity contribution in [1.29, 1.82) is 0 Å². The number of amides is 1. The molecule has 166 valence electrons. The summed E-state index contributed by atoms with van der Waals surface area (Å²) in [6, 6.07) is 12.1. The molecule has 0 aliphatic rings. The minimum atomic E-state index is -4.22. The number of para-hydroxylation sites is 1. The first-order valence-corrected chi connectivity index (χ1v) is 10.6. The van der Waals surface area contributed by atoms with Gasteiger partial charge in [0.05, 0.1) is 9.82 Å². The predicted molar refractivity (Wildman–Crippen MR) is 113 cm³/mol. The van der Waals surface area contributed by atoms with E-state index in [1.165, 1.54) is 18.0 Å². The Morgan fingerprint density at radius 3 is 2.42 bits per heavy atom. The van der Waals surface area contributed by atoms with Gasteiger partial charge < -0.3 is 15.0 Å². The third-order valence-electron chi connectivity index (χ3n) is 4.19. The molecule has 0 fully saturated rings. The molecule has 11 nitrogen and oxygen atoms in total. The highest BCUT2D eigenvalue weighted by Crippen LogP contribution is 2.26. The number of anilines is 2. The maximum Gasteiger partial charge on any atom is 0.321 e. The molecule has 0 bridgehead atoms. The number of rotatable bonds is 10. The average Bonchev–Trinajstić information content (AvgIpc) is 2.77. The van der Waals surface area contributed by atoms with Crippen LogP contribution in [-0.2, 0) is 24.3 Å². The molecule has 2 N–H and O–H groups in total. The zero-order chi connectivity index (χ0) is 23.0. The van der Waals surface area contributed by atoms with E-state index in [0.29, 0.717) is 12.2 Å². The monoisotopic (exact) mass is 450 g/mol. The molecule has 2 aromatic carbocycles. The number of hydrogen-bond donors (Lipinski definition) is 2. The molecule has 0 atom stereocenters. The molecule has 0 heterocycles. The smallest absolute Gasteiger partial charge is 0.321 e. The molecule has 0 spiro atoms. The van der Waals surface area contributed by atoms with Crippen LogP contribution in [0, 0.1) is 10.1 Å². The van der Waals surface area contributed by atoms with Gasteiger partial charge in [0.25, 0.3) is 11.6 Å². The number of carbonyl (C=O) groups is 2. The Morgan fingerprint density at radius 2 is 1.84 bits per heavy atom. The Balaban J connectivity index is 1.96. The van der Waals surface area contributed by atoms with Crippen LogP contribution in [0.4, 0.5) is 17.1 Å². The van der Waals surface area contributed by atoms with Crippen molar-refractivity contribution in [2.45, 2.75) is 11.8 Å². The summed E-state index contributed by atoms with van der Waals surface area (Å²) in [5, 5.41) is 13.7. The summed E-state index contributed by atoms with van der Waals surface area (Å²) in [6.07, 6.45) is 0. The number of benzene rings is 2. The lowest BCUT2D eigenvalue weighted by atomic mass is 10.3. The molecule has 0 aromatic heterocycles. The van der Waals surface area contributed by atoms with E-state index in [1.807, 2.05) is 4.72 Å². The standard InChI is InChI=1S/C19H22N4O7S/c1-3-22(14-7-5-4-6-8-14)18(24)13-30-19(25)12-21-31(28,29)15-9-10-16(20-2)17(11-15)23(26)27/h4-11,20-21H,3,12-13H2,1-2H3. The summed E-state index contributed by atoms with van der Waals surface area (Å²) < 4.78 is 31.6. The number of nitrogens with one attached hydrogen (secondary N) is 2. The van der Waals surface area contributed by atoms with Gasteiger partial charge in [0.15, 0.2) is 6.61 Å². The molecule has 12 heteroatoms. The van der Waals surface area contributed by atoms with Gasteiger partial charge in [-0.2, -0.15) is 4.72 Å². The van der Waals surface area contributed by atoms with E-state index in [2.05, 4.69) is 5.32 Å². The summed E-state index contributed by atoms with van der Waals surface area (Å²) >= 11 is 0. The minimum Gasteiger partial charge on any atom is -0.455 e. The van der Waals surface area contributed by atoms with Gasteiger partial charge in [-0.1, -0.05) is 18.2 Å². The number of esters is 1. The molecular weight excluding hydrogens is 428 g/mol. The third kappa shape index (κ3) is 6.23. The number of hydrogen-bond acceptors (Lipinski definition) is 8. The number of nitro groups is 1. The second-order valence-corrected chi connectivity index (χ2v) is 7.91. The van der Waals surface area contributed by atoms with Crippen LogP contribution in [0.3, 0.4) is 0 Å². The molecule has 0 aliphatic heterocycles. The molecule has 0 unspecified atom stereocenters. The lowest BCUT2D eigenvalue weighted by Crippen LogP contribution is -2.36. The summed E-state index contributed by atoms with van der Waals surface area (Å²) in [5.74, 6) is -1.44. The molecule has 2 rings (SSSR count). The van der Waals surface area contributed by atoms with Crippen molar-refractivity contribution >= 4 is 39.0 Å². The molecule has 0 saturated heterocycles. The van der Waals surface area contributed by atoms with Gasteiger partial charge in [-0.3, -0.25) is 19.7 Å². The minimum absolute atomic E-state index is 0.140. The lowest BCUT2D eigenvalue weighted by Gasteiger charge is -2.20. The van der Waals surface area contributed by atoms with Gasteiger partial charge in [-0.05, 0) is 31.2 Å². The van der Waals surface area contributed by atoms with Gasteiger partial charge in [0.2, 0.25) is 10.0 Å². The van der Waals surface area contributed by atoms with Crippen LogP contribution < -0.4 is 14.9 Å². The van der Waals surface area contributed by atoms with E-state index in [-0.39, 0.29) is 10.6 Å². The summed E-state index contributed by atoms with van der Waals surface area (Å²) in [6.45, 7) is 0.814. The van der Waals surface area contributed by atoms with Crippen molar-refractivity contribution in [2.75, 3.05) is 37.0 Å². The van der Waals surface area contributed by atoms with Crippen LogP contribution in [0.2, 0.25) is 0 Å². The first kappa shape index (κ1) is 23.8. The van der Waals surface area contributed by atoms with Crippen LogP contribution in [-0.4, -0.2) is 52.0 Å². The SMILES string of the molecule is CCN(C(=O)COC(=O)CNS(=O)(=O)c1ccc(NC)c([N+](=O)[O-])c1)c1ccccc1. The average molecular weight is 450 g/mol. The van der Waals surface area contributed by atoms with Gasteiger partial charge in [0, 0.05) is 25.3 Å². The van der Waals surface area contributed by atoms with E-state index in [0.717, 1.165) is 12.1 Å². The maximum atomic E-state index is 12.4. The Morgan fingerprint density at radius 1 is 1.16 bits per heavy atom. The lowest BCUT2D eigenvalue weighted by molar-refractivity contribution is -0.384. The zero-order valence-electron chi connectivity index (χ0n) is 16.9. The maximum absolute atomic E-state index is 12.4. The van der Waals surface area contributed by atoms with Gasteiger partial charge in [-0.15, -0.1) is 0 Å². The molecular formula is C19H22N4O7S. The van der Waals surface area contributed by atoms with E-state index in [9.17, 15) is 28.1 Å². The van der Waals surface area contributed by atoms with E-state index in [4.69, 9.17) is 4.74 Å². The topological polar surface area (TPSA) is 148 Å². The first-order valence-electron chi connectivity index (χ1n) is 9.16. The van der Waals surface area contributed by atoms with Gasteiger partial charge in [-0.25, -0.2) is 8.42 Å². The molecule has 1 amide bonds. The third-order valence-corrected chi connectivity index (χ3v) is 5.59. The summed E-state index contributed by atoms with van der Waals surface area (Å²) in [5.41, 5.74) is 0.346. The van der Waals surface area contributed by atoms with E-state index >= 15 is 0 Å². The van der Waals surface area contributed by atoms with Crippen LogP contribution in [0.25, 0.3) is 0 Å². The predicted octanol–water partition coefficient (Wildman–Crippen LogP) is 1.51. The number of carbonyl (C=O) groups excluding carboxylic acids is 2. The first-order chi connectivity index (χ1) is 14.7. The molecule has 31 heavy (non-hydrogen) atoms. The van der Waals surface area contributed by atoms with Crippen LogP contribution in [0.5, 0.6) is 0 Å². The molecule has 0 aliphatic carbocycles. The van der Waals surface area contributed by atoms with Gasteiger partial charge >= 0.3 is 5.97 Å². The number of ether oxygens (including phenoxy) is 1. The number of nitrogens with zero attached hydrogens (tertiary/aromatic N) is 2. The molecule has 0 radical (unpaired) electrons. The highest BCUT2D eigenvalue weighted by molar-refractivity contribution is 7.89. The number of sulfonamides is 1. The molecule has 0 saturated carbocycles. The van der Waals surface area contributed by atoms with Crippen LogP contribution in [0.15, 0.2) is 53.4 Å². The van der Waals surface area contributed by atoms with Crippen molar-refractivity contribution in [3.05, 3.63) is 58.6 Å². The van der Waals surface area contributed by atoms with E-state index < -0.39 is 45.7 Å². The van der Waals surface area contributed by atoms with Crippen LogP contribution >= 0.6 is 0 Å². The highest BCUT2D eigenvalue weighted by Gasteiger charge is 2.22. The molecule has 2 aromatic rings. The Labute approximate surface area is 179 Å². The highest BCUT2D eigenvalue weighted by atomic mass is 32.2. The largest absolute Gasteiger partial charge is 0.455 e. The fourth-order valence-electron chi connectivity index (χ4n) is 2.66. The second kappa shape index (κ2) is 10.5. The summed E-state index contributed by atoms with van der Waals surface area (Å²) in [7, 11) is -2.76. The second-order valence-electron chi connectivity index (χ2n) is 6.14. The summed E-state index contributed by atoms with van der Waals surface area (Å²) in [4.78, 5) is 35.6. The van der Waals surface area contributed by atoms with Crippen molar-refractivity contribution in [3.63, 3.8) is 0 Å². The number of nitro benzene ring substituents is 1. The van der Waals surface area contributed by atoms with E-state index in [1.54, 1.807) is 37.3 Å². The Bertz CT molecular complexity index is 1060. The van der Waals surface area contributed by atoms with Gasteiger partial charge in [0.1, 0.15) is 12.2 Å². The fraction of sp³-hybridized carbons (Fsp3) is 0.263. The zero-order valence-corrected chi connectivity index (χ0v) is 17.7.